The van der Waals surface area contributed by atoms with E-state index < -0.39 is 7.12 Å². The van der Waals surface area contributed by atoms with Crippen LogP contribution in [0, 0.1) is 0 Å². The second kappa shape index (κ2) is 5.09. The van der Waals surface area contributed by atoms with E-state index in [4.69, 9.17) is 14.0 Å². The van der Waals surface area contributed by atoms with Crippen molar-refractivity contribution in [1.82, 2.24) is 4.98 Å². The molecule has 0 bridgehead atoms. The molecule has 0 saturated carbocycles. The fourth-order valence-electron chi connectivity index (χ4n) is 3.57. The highest BCUT2D eigenvalue weighted by molar-refractivity contribution is 6.62. The first kappa shape index (κ1) is 15.9. The van der Waals surface area contributed by atoms with Gasteiger partial charge in [-0.1, -0.05) is 24.3 Å². The normalized spacial score (nSPS) is 19.3. The number of benzene rings is 2. The summed E-state index contributed by atoms with van der Waals surface area (Å²) in [6, 6.07) is 14.2. The molecule has 0 N–H and O–H groups in total. The molecular weight excluding hydrogens is 325 g/mol. The van der Waals surface area contributed by atoms with Gasteiger partial charge >= 0.3 is 7.12 Å². The van der Waals surface area contributed by atoms with Gasteiger partial charge in [-0.05, 0) is 56.9 Å². The molecule has 130 valence electrons. The summed E-state index contributed by atoms with van der Waals surface area (Å²) < 4.78 is 18.6. The zero-order valence-corrected chi connectivity index (χ0v) is 15.4. The molecule has 0 aliphatic carbocycles. The van der Waals surface area contributed by atoms with Gasteiger partial charge in [-0.15, -0.1) is 0 Å². The fraction of sp³-hybridized carbons (Fsp3) is 0.286. The molecule has 5 heteroatoms. The van der Waals surface area contributed by atoms with Gasteiger partial charge in [0.25, 0.3) is 0 Å². The first-order valence-electron chi connectivity index (χ1n) is 8.91. The fourth-order valence-corrected chi connectivity index (χ4v) is 3.57. The molecule has 3 heterocycles. The number of hydrogen-bond donors (Lipinski definition) is 0. The number of nitrogens with zero attached hydrogens (tertiary/aromatic N) is 1. The minimum absolute atomic E-state index is 0.363. The minimum atomic E-state index is -0.400. The predicted octanol–water partition coefficient (Wildman–Crippen LogP) is 4.31. The second-order valence-corrected chi connectivity index (χ2v) is 7.95. The zero-order valence-electron chi connectivity index (χ0n) is 15.4. The van der Waals surface area contributed by atoms with E-state index in [1.54, 1.807) is 6.20 Å². The molecule has 1 saturated heterocycles. The Morgan fingerprint density at radius 1 is 0.846 bits per heavy atom. The van der Waals surface area contributed by atoms with Crippen LogP contribution in [0.3, 0.4) is 0 Å². The van der Waals surface area contributed by atoms with Crippen LogP contribution < -0.4 is 10.2 Å². The number of rotatable bonds is 1. The Balaban J connectivity index is 1.61. The lowest BCUT2D eigenvalue weighted by atomic mass is 9.78. The first-order chi connectivity index (χ1) is 12.4. The van der Waals surface area contributed by atoms with E-state index in [1.807, 2.05) is 24.3 Å². The Labute approximate surface area is 153 Å². The van der Waals surface area contributed by atoms with Gasteiger partial charge in [0.15, 0.2) is 0 Å². The van der Waals surface area contributed by atoms with Crippen LogP contribution in [0.2, 0.25) is 0 Å². The molecule has 0 amide bonds. The Morgan fingerprint density at radius 3 is 2.38 bits per heavy atom. The highest BCUT2D eigenvalue weighted by Crippen LogP contribution is 2.45. The molecule has 0 unspecified atom stereocenters. The number of fused-ring (bicyclic) bond motifs is 2. The Hall–Kier alpha value is -2.37. The lowest BCUT2D eigenvalue weighted by molar-refractivity contribution is 0.00578. The van der Waals surface area contributed by atoms with Crippen LogP contribution in [0.25, 0.3) is 22.0 Å². The van der Waals surface area contributed by atoms with Gasteiger partial charge in [-0.25, -0.2) is 0 Å². The molecule has 3 aromatic rings. The standard InChI is InChI=1S/C21H20BNO3/c1-20(2)21(3,4)26-22(25-20)13-8-9-14-15-6-5-7-16-19(15)17(10-11-23-16)24-18(14)12-13/h5-12H,1-4H3. The molecule has 0 spiro atoms. The van der Waals surface area contributed by atoms with Crippen molar-refractivity contribution in [3.63, 3.8) is 0 Å². The van der Waals surface area contributed by atoms with Crippen molar-refractivity contribution < 1.29 is 14.0 Å². The smallest absolute Gasteiger partial charge is 0.456 e. The van der Waals surface area contributed by atoms with Crippen LogP contribution in [0.1, 0.15) is 27.7 Å². The third-order valence-electron chi connectivity index (χ3n) is 5.77. The third kappa shape index (κ3) is 2.14. The van der Waals surface area contributed by atoms with Crippen molar-refractivity contribution in [2.75, 3.05) is 0 Å². The Morgan fingerprint density at radius 2 is 1.62 bits per heavy atom. The van der Waals surface area contributed by atoms with Crippen LogP contribution in [0.4, 0.5) is 0 Å². The van der Waals surface area contributed by atoms with E-state index in [-0.39, 0.29) is 11.2 Å². The average molecular weight is 345 g/mol. The number of aromatic nitrogens is 1. The van der Waals surface area contributed by atoms with E-state index in [1.165, 1.54) is 0 Å². The molecule has 5 rings (SSSR count). The van der Waals surface area contributed by atoms with Crippen molar-refractivity contribution in [3.05, 3.63) is 48.7 Å². The van der Waals surface area contributed by atoms with Crippen molar-refractivity contribution in [2.24, 2.45) is 0 Å². The summed E-state index contributed by atoms with van der Waals surface area (Å²) in [6.07, 6.45) is 1.78. The number of pyridine rings is 1. The molecule has 1 aromatic heterocycles. The lowest BCUT2D eigenvalue weighted by Gasteiger charge is -2.32. The maximum absolute atomic E-state index is 6.20. The summed E-state index contributed by atoms with van der Waals surface area (Å²) in [7, 11) is -0.400. The largest absolute Gasteiger partial charge is 0.494 e. The summed E-state index contributed by atoms with van der Waals surface area (Å²) in [4.78, 5) is 4.45. The second-order valence-electron chi connectivity index (χ2n) is 7.95. The van der Waals surface area contributed by atoms with Crippen LogP contribution in [-0.4, -0.2) is 23.3 Å². The van der Waals surface area contributed by atoms with Crippen molar-refractivity contribution >= 4 is 23.5 Å². The quantitative estimate of drug-likeness (QED) is 0.482. The molecule has 0 atom stereocenters. The molecule has 2 aromatic carbocycles. The topological polar surface area (TPSA) is 40.6 Å². The van der Waals surface area contributed by atoms with Gasteiger partial charge in [-0.2, -0.15) is 0 Å². The minimum Gasteiger partial charge on any atom is -0.456 e. The van der Waals surface area contributed by atoms with E-state index in [0.717, 1.165) is 39.0 Å². The number of hydrogen-bond acceptors (Lipinski definition) is 4. The van der Waals surface area contributed by atoms with Gasteiger partial charge in [0, 0.05) is 11.8 Å². The van der Waals surface area contributed by atoms with Gasteiger partial charge in [0.2, 0.25) is 0 Å². The molecule has 26 heavy (non-hydrogen) atoms. The maximum atomic E-state index is 6.20. The van der Waals surface area contributed by atoms with Gasteiger partial charge < -0.3 is 14.0 Å². The highest BCUT2D eigenvalue weighted by atomic mass is 16.7. The first-order valence-corrected chi connectivity index (χ1v) is 8.91. The van der Waals surface area contributed by atoms with E-state index >= 15 is 0 Å². The molecule has 2 aliphatic heterocycles. The van der Waals surface area contributed by atoms with E-state index in [2.05, 4.69) is 50.9 Å². The van der Waals surface area contributed by atoms with Crippen molar-refractivity contribution in [3.8, 4) is 22.6 Å². The molecular formula is C21H20BNO3. The maximum Gasteiger partial charge on any atom is 0.494 e. The predicted molar refractivity (Wildman–Crippen MR) is 103 cm³/mol. The van der Waals surface area contributed by atoms with Gasteiger partial charge in [-0.3, -0.25) is 4.98 Å². The zero-order chi connectivity index (χ0) is 18.1. The van der Waals surface area contributed by atoms with Gasteiger partial charge in [0.1, 0.15) is 11.5 Å². The average Bonchev–Trinajstić information content (AvgIpc) is 2.83. The molecule has 0 radical (unpaired) electrons. The van der Waals surface area contributed by atoms with E-state index in [9.17, 15) is 0 Å². The Bertz CT molecular complexity index is 1020. The lowest BCUT2D eigenvalue weighted by Crippen LogP contribution is -2.41. The van der Waals surface area contributed by atoms with Crippen LogP contribution >= 0.6 is 0 Å². The molecule has 1 fully saturated rings. The summed E-state index contributed by atoms with van der Waals surface area (Å²) in [5.74, 6) is 1.66. The highest BCUT2D eigenvalue weighted by Gasteiger charge is 2.51. The summed E-state index contributed by atoms with van der Waals surface area (Å²) in [6.45, 7) is 8.25. The number of ether oxygens (including phenoxy) is 1. The summed E-state index contributed by atoms with van der Waals surface area (Å²) in [5.41, 5.74) is 3.40. The van der Waals surface area contributed by atoms with Crippen LogP contribution in [0.5, 0.6) is 11.5 Å². The monoisotopic (exact) mass is 345 g/mol. The van der Waals surface area contributed by atoms with Crippen LogP contribution in [-0.2, 0) is 9.31 Å². The van der Waals surface area contributed by atoms with Gasteiger partial charge in [0.05, 0.1) is 22.1 Å². The molecule has 4 nitrogen and oxygen atoms in total. The third-order valence-corrected chi connectivity index (χ3v) is 5.77. The van der Waals surface area contributed by atoms with Crippen molar-refractivity contribution in [1.29, 1.82) is 0 Å². The summed E-state index contributed by atoms with van der Waals surface area (Å²) in [5, 5.41) is 1.06. The van der Waals surface area contributed by atoms with E-state index in [0.29, 0.717) is 0 Å². The van der Waals surface area contributed by atoms with Crippen molar-refractivity contribution in [2.45, 2.75) is 38.9 Å². The Kier molecular flexibility index (Phi) is 3.10. The molecule has 2 aliphatic rings. The summed E-state index contributed by atoms with van der Waals surface area (Å²) >= 11 is 0. The van der Waals surface area contributed by atoms with Crippen LogP contribution in [0.15, 0.2) is 48.7 Å². The SMILES string of the molecule is CC1(C)OB(c2ccc3c(c2)Oc2ccnc4cccc-3c24)OC1(C)C.